The number of esters is 1. The van der Waals surface area contributed by atoms with E-state index in [4.69, 9.17) is 4.74 Å². The van der Waals surface area contributed by atoms with E-state index in [1.165, 1.54) is 6.42 Å². The summed E-state index contributed by atoms with van der Waals surface area (Å²) in [5.41, 5.74) is 0.228. The van der Waals surface area contributed by atoms with Crippen molar-refractivity contribution in [1.29, 1.82) is 0 Å². The summed E-state index contributed by atoms with van der Waals surface area (Å²) < 4.78 is 5.38. The van der Waals surface area contributed by atoms with Crippen molar-refractivity contribution in [2.45, 2.75) is 45.6 Å². The maximum Gasteiger partial charge on any atom is 0.306 e. The Bertz CT molecular complexity index is 208. The second kappa shape index (κ2) is 2.48. The van der Waals surface area contributed by atoms with Crippen molar-refractivity contribution in [3.05, 3.63) is 0 Å². The van der Waals surface area contributed by atoms with Crippen LogP contribution >= 0.6 is 0 Å². The van der Waals surface area contributed by atoms with E-state index in [2.05, 4.69) is 13.8 Å². The third-order valence-corrected chi connectivity index (χ3v) is 3.63. The van der Waals surface area contributed by atoms with Crippen LogP contribution in [0, 0.1) is 11.3 Å². The topological polar surface area (TPSA) is 26.3 Å². The molecule has 2 atom stereocenters. The standard InChI is InChI=1S/C10H16O2/c1-10(2)7-3-5-8(10)12-9(11)6-4-7/h7-8H,3-6H2,1-2H3/t7-,8-/m1/s1. The Kier molecular flexibility index (Phi) is 1.67. The fourth-order valence-electron chi connectivity index (χ4n) is 2.60. The lowest BCUT2D eigenvalue weighted by Gasteiger charge is -2.29. The molecule has 1 aliphatic carbocycles. The molecular weight excluding hydrogens is 152 g/mol. The molecule has 0 aromatic heterocycles. The van der Waals surface area contributed by atoms with Gasteiger partial charge in [0, 0.05) is 11.8 Å². The van der Waals surface area contributed by atoms with Crippen LogP contribution in [0.2, 0.25) is 0 Å². The van der Waals surface area contributed by atoms with Gasteiger partial charge in [0.25, 0.3) is 0 Å². The fraction of sp³-hybridized carbons (Fsp3) is 0.900. The van der Waals surface area contributed by atoms with Crippen molar-refractivity contribution >= 4 is 5.97 Å². The van der Waals surface area contributed by atoms with Gasteiger partial charge in [-0.1, -0.05) is 13.8 Å². The Hall–Kier alpha value is -0.530. The molecule has 0 aromatic rings. The van der Waals surface area contributed by atoms with Crippen molar-refractivity contribution in [3.63, 3.8) is 0 Å². The summed E-state index contributed by atoms with van der Waals surface area (Å²) in [6.07, 6.45) is 4.17. The summed E-state index contributed by atoms with van der Waals surface area (Å²) in [5.74, 6) is 0.712. The third-order valence-electron chi connectivity index (χ3n) is 3.63. The first kappa shape index (κ1) is 8.09. The first-order valence-corrected chi connectivity index (χ1v) is 4.80. The van der Waals surface area contributed by atoms with Gasteiger partial charge in [-0.3, -0.25) is 4.79 Å². The molecule has 0 unspecified atom stereocenters. The molecule has 2 heteroatoms. The van der Waals surface area contributed by atoms with E-state index in [-0.39, 0.29) is 17.5 Å². The molecule has 0 radical (unpaired) electrons. The van der Waals surface area contributed by atoms with Crippen LogP contribution in [0.25, 0.3) is 0 Å². The van der Waals surface area contributed by atoms with Crippen molar-refractivity contribution < 1.29 is 9.53 Å². The minimum absolute atomic E-state index is 0.00951. The van der Waals surface area contributed by atoms with E-state index in [0.29, 0.717) is 12.3 Å². The van der Waals surface area contributed by atoms with Gasteiger partial charge < -0.3 is 4.74 Å². The molecule has 0 spiro atoms. The molecule has 0 aromatic carbocycles. The Morgan fingerprint density at radius 3 is 2.83 bits per heavy atom. The maximum absolute atomic E-state index is 11.1. The van der Waals surface area contributed by atoms with Crippen LogP contribution in [0.4, 0.5) is 0 Å². The van der Waals surface area contributed by atoms with Gasteiger partial charge in [0.1, 0.15) is 6.10 Å². The van der Waals surface area contributed by atoms with Gasteiger partial charge in [-0.15, -0.1) is 0 Å². The SMILES string of the molecule is CC1(C)[C@H]2CCC(=O)O[C@@H]1CC2. The second-order valence-electron chi connectivity index (χ2n) is 4.61. The summed E-state index contributed by atoms with van der Waals surface area (Å²) in [7, 11) is 0. The van der Waals surface area contributed by atoms with E-state index >= 15 is 0 Å². The highest BCUT2D eigenvalue weighted by molar-refractivity contribution is 5.70. The Labute approximate surface area is 73.3 Å². The molecule has 2 nitrogen and oxygen atoms in total. The van der Waals surface area contributed by atoms with Crippen molar-refractivity contribution in [1.82, 2.24) is 0 Å². The number of ether oxygens (including phenoxy) is 1. The number of fused-ring (bicyclic) bond motifs is 2. The summed E-state index contributed by atoms with van der Waals surface area (Å²) in [6.45, 7) is 4.46. The molecular formula is C10H16O2. The second-order valence-corrected chi connectivity index (χ2v) is 4.61. The molecule has 2 bridgehead atoms. The monoisotopic (exact) mass is 168 g/mol. The number of rotatable bonds is 0. The van der Waals surface area contributed by atoms with Gasteiger partial charge in [-0.05, 0) is 25.2 Å². The average molecular weight is 168 g/mol. The molecule has 1 aliphatic heterocycles. The van der Waals surface area contributed by atoms with E-state index in [9.17, 15) is 4.79 Å². The smallest absolute Gasteiger partial charge is 0.306 e. The van der Waals surface area contributed by atoms with E-state index < -0.39 is 0 Å². The first-order valence-electron chi connectivity index (χ1n) is 4.80. The number of hydrogen-bond donors (Lipinski definition) is 0. The summed E-state index contributed by atoms with van der Waals surface area (Å²) in [5, 5.41) is 0. The molecule has 2 aliphatic rings. The molecule has 2 fully saturated rings. The minimum atomic E-state index is 0.00951. The normalized spacial score (nSPS) is 39.0. The average Bonchev–Trinajstić information content (AvgIpc) is 2.15. The Balaban J connectivity index is 2.23. The van der Waals surface area contributed by atoms with Crippen LogP contribution in [-0.2, 0) is 9.53 Å². The molecule has 0 N–H and O–H groups in total. The molecule has 1 heterocycles. The van der Waals surface area contributed by atoms with E-state index in [1.807, 2.05) is 0 Å². The largest absolute Gasteiger partial charge is 0.462 e. The van der Waals surface area contributed by atoms with Crippen LogP contribution in [0.3, 0.4) is 0 Å². The molecule has 1 saturated heterocycles. The van der Waals surface area contributed by atoms with Crippen LogP contribution < -0.4 is 0 Å². The zero-order valence-corrected chi connectivity index (χ0v) is 7.80. The predicted molar refractivity (Wildman–Crippen MR) is 45.6 cm³/mol. The predicted octanol–water partition coefficient (Wildman–Crippen LogP) is 2.13. The van der Waals surface area contributed by atoms with Crippen molar-refractivity contribution in [2.75, 3.05) is 0 Å². The van der Waals surface area contributed by atoms with Crippen molar-refractivity contribution in [2.24, 2.45) is 11.3 Å². The van der Waals surface area contributed by atoms with E-state index in [1.54, 1.807) is 0 Å². The molecule has 68 valence electrons. The Morgan fingerprint density at radius 2 is 2.08 bits per heavy atom. The molecule has 2 rings (SSSR count). The van der Waals surface area contributed by atoms with Crippen LogP contribution in [0.1, 0.15) is 39.5 Å². The number of carbonyl (C=O) groups is 1. The third kappa shape index (κ3) is 1.05. The Morgan fingerprint density at radius 1 is 1.33 bits per heavy atom. The maximum atomic E-state index is 11.1. The van der Waals surface area contributed by atoms with Gasteiger partial charge in [0.15, 0.2) is 0 Å². The molecule has 0 amide bonds. The van der Waals surface area contributed by atoms with Gasteiger partial charge in [-0.2, -0.15) is 0 Å². The lowest BCUT2D eigenvalue weighted by atomic mass is 9.79. The van der Waals surface area contributed by atoms with Crippen LogP contribution in [0.15, 0.2) is 0 Å². The zero-order chi connectivity index (χ0) is 8.77. The van der Waals surface area contributed by atoms with Crippen LogP contribution in [-0.4, -0.2) is 12.1 Å². The van der Waals surface area contributed by atoms with Gasteiger partial charge in [0.05, 0.1) is 0 Å². The first-order chi connectivity index (χ1) is 5.60. The van der Waals surface area contributed by atoms with Gasteiger partial charge in [0.2, 0.25) is 0 Å². The summed E-state index contributed by atoms with van der Waals surface area (Å²) >= 11 is 0. The quantitative estimate of drug-likeness (QED) is 0.518. The van der Waals surface area contributed by atoms with E-state index in [0.717, 1.165) is 12.8 Å². The highest BCUT2D eigenvalue weighted by Crippen LogP contribution is 2.48. The number of carbonyl (C=O) groups excluding carboxylic acids is 1. The zero-order valence-electron chi connectivity index (χ0n) is 7.80. The highest BCUT2D eigenvalue weighted by atomic mass is 16.5. The van der Waals surface area contributed by atoms with Gasteiger partial charge >= 0.3 is 5.97 Å². The van der Waals surface area contributed by atoms with Gasteiger partial charge in [-0.25, -0.2) is 0 Å². The molecule has 12 heavy (non-hydrogen) atoms. The van der Waals surface area contributed by atoms with Crippen LogP contribution in [0.5, 0.6) is 0 Å². The summed E-state index contributed by atoms with van der Waals surface area (Å²) in [4.78, 5) is 11.1. The highest BCUT2D eigenvalue weighted by Gasteiger charge is 2.46. The minimum Gasteiger partial charge on any atom is -0.462 e. The fourth-order valence-corrected chi connectivity index (χ4v) is 2.60. The van der Waals surface area contributed by atoms with Crippen molar-refractivity contribution in [3.8, 4) is 0 Å². The summed E-state index contributed by atoms with van der Waals surface area (Å²) in [6, 6.07) is 0. The number of hydrogen-bond acceptors (Lipinski definition) is 2. The lowest BCUT2D eigenvalue weighted by Crippen LogP contribution is -2.29. The lowest BCUT2D eigenvalue weighted by molar-refractivity contribution is -0.151. The molecule has 1 saturated carbocycles.